The minimum absolute atomic E-state index is 0.131. The number of carboxylic acids is 1. The highest BCUT2D eigenvalue weighted by Gasteiger charge is 2.24. The molecule has 1 rings (SSSR count). The van der Waals surface area contributed by atoms with Crippen LogP contribution in [-0.2, 0) is 9.53 Å². The summed E-state index contributed by atoms with van der Waals surface area (Å²) in [5.41, 5.74) is 2.02. The van der Waals surface area contributed by atoms with Gasteiger partial charge in [0.2, 0.25) is 0 Å². The van der Waals surface area contributed by atoms with Gasteiger partial charge in [0.15, 0.2) is 0 Å². The zero-order chi connectivity index (χ0) is 16.0. The predicted octanol–water partition coefficient (Wildman–Crippen LogP) is 3.48. The smallest absolute Gasteiger partial charge is 0.305 e. The SMILES string of the molecule is COC(C)(C)CC(C)N(CCC(=O)O)c1ccc(C)cc1. The van der Waals surface area contributed by atoms with Crippen LogP contribution >= 0.6 is 0 Å². The average molecular weight is 293 g/mol. The van der Waals surface area contributed by atoms with Gasteiger partial charge in [-0.2, -0.15) is 0 Å². The maximum absolute atomic E-state index is 10.9. The van der Waals surface area contributed by atoms with Gasteiger partial charge < -0.3 is 14.7 Å². The van der Waals surface area contributed by atoms with Crippen molar-refractivity contribution in [3.8, 4) is 0 Å². The molecule has 1 N–H and O–H groups in total. The third-order valence-corrected chi connectivity index (χ3v) is 3.80. The van der Waals surface area contributed by atoms with Crippen LogP contribution in [0.25, 0.3) is 0 Å². The Morgan fingerprint density at radius 3 is 2.38 bits per heavy atom. The minimum atomic E-state index is -0.773. The van der Waals surface area contributed by atoms with Crippen LogP contribution in [-0.4, -0.2) is 36.4 Å². The number of hydrogen-bond donors (Lipinski definition) is 1. The van der Waals surface area contributed by atoms with Crippen LogP contribution in [0.15, 0.2) is 24.3 Å². The summed E-state index contributed by atoms with van der Waals surface area (Å²) in [6, 6.07) is 8.40. The van der Waals surface area contributed by atoms with Crippen LogP contribution in [0.1, 0.15) is 39.2 Å². The molecule has 0 saturated heterocycles. The molecule has 0 spiro atoms. The monoisotopic (exact) mass is 293 g/mol. The molecule has 0 aliphatic rings. The number of nitrogens with zero attached hydrogens (tertiary/aromatic N) is 1. The Bertz CT molecular complexity index is 454. The molecule has 0 saturated carbocycles. The standard InChI is InChI=1S/C17H27NO3/c1-13-6-8-15(9-7-13)18(11-10-16(19)20)14(2)12-17(3,4)21-5/h6-9,14H,10-12H2,1-5H3,(H,19,20). The lowest BCUT2D eigenvalue weighted by Gasteiger charge is -2.36. The third kappa shape index (κ3) is 5.76. The Labute approximate surface area is 127 Å². The van der Waals surface area contributed by atoms with Crippen molar-refractivity contribution in [1.82, 2.24) is 0 Å². The second-order valence-electron chi connectivity index (χ2n) is 6.19. The summed E-state index contributed by atoms with van der Waals surface area (Å²) in [7, 11) is 1.71. The molecule has 1 atom stereocenters. The molecule has 0 radical (unpaired) electrons. The molecular formula is C17H27NO3. The van der Waals surface area contributed by atoms with Crippen molar-refractivity contribution in [3.05, 3.63) is 29.8 Å². The van der Waals surface area contributed by atoms with Gasteiger partial charge in [0.25, 0.3) is 0 Å². The summed E-state index contributed by atoms with van der Waals surface area (Å²) in [4.78, 5) is 13.0. The topological polar surface area (TPSA) is 49.8 Å². The molecule has 0 bridgehead atoms. The van der Waals surface area contributed by atoms with Gasteiger partial charge in [-0.05, 0) is 46.2 Å². The van der Waals surface area contributed by atoms with E-state index in [2.05, 4.69) is 24.0 Å². The maximum Gasteiger partial charge on any atom is 0.305 e. The number of aliphatic carboxylic acids is 1. The number of anilines is 1. The summed E-state index contributed by atoms with van der Waals surface area (Å²) in [5.74, 6) is -0.773. The third-order valence-electron chi connectivity index (χ3n) is 3.80. The predicted molar refractivity (Wildman–Crippen MR) is 85.9 cm³/mol. The molecular weight excluding hydrogens is 266 g/mol. The Balaban J connectivity index is 2.90. The van der Waals surface area contributed by atoms with Gasteiger partial charge in [-0.25, -0.2) is 0 Å². The van der Waals surface area contributed by atoms with E-state index in [1.54, 1.807) is 7.11 Å². The van der Waals surface area contributed by atoms with E-state index in [1.807, 2.05) is 32.9 Å². The van der Waals surface area contributed by atoms with E-state index < -0.39 is 5.97 Å². The lowest BCUT2D eigenvalue weighted by atomic mass is 9.98. The van der Waals surface area contributed by atoms with E-state index >= 15 is 0 Å². The molecule has 0 amide bonds. The van der Waals surface area contributed by atoms with Crippen LogP contribution in [0.4, 0.5) is 5.69 Å². The van der Waals surface area contributed by atoms with E-state index in [0.717, 1.165) is 12.1 Å². The van der Waals surface area contributed by atoms with Crippen molar-refractivity contribution in [2.24, 2.45) is 0 Å². The first kappa shape index (κ1) is 17.5. The highest BCUT2D eigenvalue weighted by atomic mass is 16.5. The van der Waals surface area contributed by atoms with E-state index in [9.17, 15) is 4.79 Å². The first-order valence-electron chi connectivity index (χ1n) is 7.35. The number of carbonyl (C=O) groups is 1. The fraction of sp³-hybridized carbons (Fsp3) is 0.588. The van der Waals surface area contributed by atoms with Crippen LogP contribution in [0, 0.1) is 6.92 Å². The molecule has 21 heavy (non-hydrogen) atoms. The maximum atomic E-state index is 10.9. The molecule has 1 aromatic rings. The van der Waals surface area contributed by atoms with E-state index in [4.69, 9.17) is 9.84 Å². The number of benzene rings is 1. The summed E-state index contributed by atoms with van der Waals surface area (Å²) in [5, 5.41) is 8.96. The van der Waals surface area contributed by atoms with Gasteiger partial charge in [0.1, 0.15) is 0 Å². The summed E-state index contributed by atoms with van der Waals surface area (Å²) in [6.45, 7) is 8.76. The number of ether oxygens (including phenoxy) is 1. The molecule has 1 aromatic carbocycles. The van der Waals surface area contributed by atoms with Crippen LogP contribution in [0.5, 0.6) is 0 Å². The number of hydrogen-bond acceptors (Lipinski definition) is 3. The van der Waals surface area contributed by atoms with Crippen molar-refractivity contribution in [2.45, 2.75) is 52.2 Å². The summed E-state index contributed by atoms with van der Waals surface area (Å²) in [6.07, 6.45) is 0.961. The molecule has 4 heteroatoms. The van der Waals surface area contributed by atoms with Crippen molar-refractivity contribution in [1.29, 1.82) is 0 Å². The Kier molecular flexibility index (Phi) is 6.21. The normalized spacial score (nSPS) is 13.0. The van der Waals surface area contributed by atoms with Crippen LogP contribution in [0.3, 0.4) is 0 Å². The molecule has 0 fully saturated rings. The second kappa shape index (κ2) is 7.46. The fourth-order valence-electron chi connectivity index (χ4n) is 2.46. The zero-order valence-corrected chi connectivity index (χ0v) is 13.7. The van der Waals surface area contributed by atoms with Crippen molar-refractivity contribution in [2.75, 3.05) is 18.6 Å². The van der Waals surface area contributed by atoms with Gasteiger partial charge in [0.05, 0.1) is 12.0 Å². The van der Waals surface area contributed by atoms with Gasteiger partial charge in [0, 0.05) is 25.4 Å². The second-order valence-corrected chi connectivity index (χ2v) is 6.19. The lowest BCUT2D eigenvalue weighted by Crippen LogP contribution is -2.40. The molecule has 0 aliphatic carbocycles. The largest absolute Gasteiger partial charge is 0.481 e. The van der Waals surface area contributed by atoms with E-state index in [1.165, 1.54) is 5.56 Å². The Morgan fingerprint density at radius 1 is 1.33 bits per heavy atom. The molecule has 0 aromatic heterocycles. The highest BCUT2D eigenvalue weighted by Crippen LogP contribution is 2.24. The molecule has 4 nitrogen and oxygen atoms in total. The van der Waals surface area contributed by atoms with Crippen LogP contribution in [0.2, 0.25) is 0 Å². The average Bonchev–Trinajstić information content (AvgIpc) is 2.40. The molecule has 118 valence electrons. The van der Waals surface area contributed by atoms with E-state index in [-0.39, 0.29) is 18.1 Å². The van der Waals surface area contributed by atoms with Crippen molar-refractivity contribution < 1.29 is 14.6 Å². The quantitative estimate of drug-likeness (QED) is 0.797. The zero-order valence-electron chi connectivity index (χ0n) is 13.7. The van der Waals surface area contributed by atoms with Crippen LogP contribution < -0.4 is 4.90 Å². The molecule has 1 unspecified atom stereocenters. The van der Waals surface area contributed by atoms with Crippen molar-refractivity contribution >= 4 is 11.7 Å². The van der Waals surface area contributed by atoms with Gasteiger partial charge in [-0.3, -0.25) is 4.79 Å². The number of carboxylic acid groups (broad SMARTS) is 1. The minimum Gasteiger partial charge on any atom is -0.481 e. The molecule has 0 aliphatic heterocycles. The van der Waals surface area contributed by atoms with Gasteiger partial charge in [-0.15, -0.1) is 0 Å². The highest BCUT2D eigenvalue weighted by molar-refractivity contribution is 5.67. The lowest BCUT2D eigenvalue weighted by molar-refractivity contribution is -0.136. The number of aryl methyl sites for hydroxylation is 1. The van der Waals surface area contributed by atoms with Gasteiger partial charge >= 0.3 is 5.97 Å². The summed E-state index contributed by atoms with van der Waals surface area (Å²) >= 11 is 0. The fourth-order valence-corrected chi connectivity index (χ4v) is 2.46. The molecule has 0 heterocycles. The number of rotatable bonds is 8. The Morgan fingerprint density at radius 2 is 1.90 bits per heavy atom. The van der Waals surface area contributed by atoms with E-state index in [0.29, 0.717) is 6.54 Å². The summed E-state index contributed by atoms with van der Waals surface area (Å²) < 4.78 is 5.50. The first-order chi connectivity index (χ1) is 9.75. The van der Waals surface area contributed by atoms with Gasteiger partial charge in [-0.1, -0.05) is 17.7 Å². The van der Waals surface area contributed by atoms with Crippen molar-refractivity contribution in [3.63, 3.8) is 0 Å². The number of methoxy groups -OCH3 is 1. The Hall–Kier alpha value is -1.55. The first-order valence-corrected chi connectivity index (χ1v) is 7.35.